The standard InChI is InChI=1S/C17H17N3O2/c1-12-10-18-16-9-14(7-8-19(12)16)20-15(11-22-17(20)21)13-5-3-2-4-6-13/h2-10,15,17,21H,11H2,1H3/t15-,17?/m1/s1. The topological polar surface area (TPSA) is 50.0 Å². The minimum atomic E-state index is -0.941. The Morgan fingerprint density at radius 2 is 2.05 bits per heavy atom. The molecule has 2 aromatic heterocycles. The van der Waals surface area contributed by atoms with E-state index in [-0.39, 0.29) is 6.04 Å². The maximum absolute atomic E-state index is 10.2. The predicted octanol–water partition coefficient (Wildman–Crippen LogP) is 2.50. The first kappa shape index (κ1) is 13.3. The van der Waals surface area contributed by atoms with E-state index in [1.54, 1.807) is 0 Å². The van der Waals surface area contributed by atoms with E-state index in [2.05, 4.69) is 17.1 Å². The van der Waals surface area contributed by atoms with E-state index in [9.17, 15) is 5.11 Å². The monoisotopic (exact) mass is 295 g/mol. The van der Waals surface area contributed by atoms with Crippen LogP contribution < -0.4 is 4.90 Å². The number of anilines is 1. The number of ether oxygens (including phenoxy) is 1. The van der Waals surface area contributed by atoms with Gasteiger partial charge in [0.2, 0.25) is 6.41 Å². The van der Waals surface area contributed by atoms with E-state index in [0.29, 0.717) is 6.61 Å². The maximum atomic E-state index is 10.2. The van der Waals surface area contributed by atoms with E-state index in [1.165, 1.54) is 0 Å². The molecule has 5 nitrogen and oxygen atoms in total. The van der Waals surface area contributed by atoms with Crippen LogP contribution >= 0.6 is 0 Å². The first-order valence-corrected chi connectivity index (χ1v) is 7.31. The summed E-state index contributed by atoms with van der Waals surface area (Å²) >= 11 is 0. The van der Waals surface area contributed by atoms with Crippen molar-refractivity contribution in [1.82, 2.24) is 9.38 Å². The number of rotatable bonds is 2. The molecule has 1 unspecified atom stereocenters. The van der Waals surface area contributed by atoms with Crippen molar-refractivity contribution in [3.63, 3.8) is 0 Å². The highest BCUT2D eigenvalue weighted by molar-refractivity contribution is 5.58. The smallest absolute Gasteiger partial charge is 0.238 e. The summed E-state index contributed by atoms with van der Waals surface area (Å²) in [7, 11) is 0. The van der Waals surface area contributed by atoms with Crippen LogP contribution in [0, 0.1) is 6.92 Å². The number of imidazole rings is 1. The SMILES string of the molecule is Cc1cnc2cc(N3C(O)OC[C@@H]3c3ccccc3)ccn12. The lowest BCUT2D eigenvalue weighted by Gasteiger charge is -2.27. The molecule has 3 heterocycles. The fourth-order valence-corrected chi connectivity index (χ4v) is 2.99. The van der Waals surface area contributed by atoms with Gasteiger partial charge in [-0.1, -0.05) is 30.3 Å². The van der Waals surface area contributed by atoms with Gasteiger partial charge in [-0.3, -0.25) is 0 Å². The molecule has 1 aromatic carbocycles. The molecule has 2 atom stereocenters. The second-order valence-corrected chi connectivity index (χ2v) is 5.51. The van der Waals surface area contributed by atoms with E-state index in [0.717, 1.165) is 22.6 Å². The summed E-state index contributed by atoms with van der Waals surface area (Å²) in [6.45, 7) is 2.48. The van der Waals surface area contributed by atoms with Crippen LogP contribution in [0.4, 0.5) is 5.69 Å². The Morgan fingerprint density at radius 3 is 2.86 bits per heavy atom. The van der Waals surface area contributed by atoms with Crippen molar-refractivity contribution in [2.75, 3.05) is 11.5 Å². The summed E-state index contributed by atoms with van der Waals surface area (Å²) < 4.78 is 7.48. The molecule has 112 valence electrons. The molecule has 1 aliphatic heterocycles. The summed E-state index contributed by atoms with van der Waals surface area (Å²) in [5.74, 6) is 0. The number of fused-ring (bicyclic) bond motifs is 1. The molecule has 0 aliphatic carbocycles. The van der Waals surface area contributed by atoms with E-state index in [4.69, 9.17) is 4.74 Å². The Balaban J connectivity index is 1.76. The van der Waals surface area contributed by atoms with Crippen molar-refractivity contribution in [2.45, 2.75) is 19.4 Å². The Bertz CT molecular complexity index is 800. The number of pyridine rings is 1. The van der Waals surface area contributed by atoms with Gasteiger partial charge in [-0.2, -0.15) is 0 Å². The van der Waals surface area contributed by atoms with Crippen molar-refractivity contribution >= 4 is 11.3 Å². The van der Waals surface area contributed by atoms with Gasteiger partial charge in [0.05, 0.1) is 12.6 Å². The van der Waals surface area contributed by atoms with Gasteiger partial charge in [0.15, 0.2) is 0 Å². The Labute approximate surface area is 128 Å². The van der Waals surface area contributed by atoms with E-state index in [1.807, 2.05) is 58.9 Å². The van der Waals surface area contributed by atoms with Gasteiger partial charge in [-0.05, 0) is 18.6 Å². The highest BCUT2D eigenvalue weighted by Crippen LogP contribution is 2.34. The third-order valence-electron chi connectivity index (χ3n) is 4.14. The van der Waals surface area contributed by atoms with Crippen LogP contribution in [-0.2, 0) is 4.74 Å². The molecule has 0 saturated carbocycles. The summed E-state index contributed by atoms with van der Waals surface area (Å²) in [4.78, 5) is 6.28. The van der Waals surface area contributed by atoms with Gasteiger partial charge in [0.1, 0.15) is 5.65 Å². The first-order chi connectivity index (χ1) is 10.7. The number of benzene rings is 1. The molecule has 0 radical (unpaired) electrons. The van der Waals surface area contributed by atoms with Crippen LogP contribution in [0.5, 0.6) is 0 Å². The Kier molecular flexibility index (Phi) is 3.10. The average Bonchev–Trinajstić information content (AvgIpc) is 3.11. The van der Waals surface area contributed by atoms with Crippen LogP contribution in [-0.4, -0.2) is 27.5 Å². The Morgan fingerprint density at radius 1 is 1.23 bits per heavy atom. The van der Waals surface area contributed by atoms with Crippen molar-refractivity contribution < 1.29 is 9.84 Å². The summed E-state index contributed by atoms with van der Waals surface area (Å²) in [5.41, 5.74) is 3.97. The summed E-state index contributed by atoms with van der Waals surface area (Å²) in [6, 6.07) is 14.0. The van der Waals surface area contributed by atoms with Crippen molar-refractivity contribution in [2.24, 2.45) is 0 Å². The van der Waals surface area contributed by atoms with Gasteiger partial charge in [0, 0.05) is 29.8 Å². The number of aliphatic hydroxyl groups excluding tert-OH is 1. The summed E-state index contributed by atoms with van der Waals surface area (Å²) in [5, 5.41) is 10.2. The molecule has 0 bridgehead atoms. The van der Waals surface area contributed by atoms with Gasteiger partial charge >= 0.3 is 0 Å². The third kappa shape index (κ3) is 2.06. The first-order valence-electron chi connectivity index (χ1n) is 7.31. The minimum absolute atomic E-state index is 0.00490. The van der Waals surface area contributed by atoms with Crippen molar-refractivity contribution in [3.8, 4) is 0 Å². The highest BCUT2D eigenvalue weighted by atomic mass is 16.6. The maximum Gasteiger partial charge on any atom is 0.238 e. The zero-order valence-corrected chi connectivity index (χ0v) is 12.3. The van der Waals surface area contributed by atoms with Gasteiger partial charge in [-0.25, -0.2) is 4.98 Å². The third-order valence-corrected chi connectivity index (χ3v) is 4.14. The quantitative estimate of drug-likeness (QED) is 0.789. The minimum Gasteiger partial charge on any atom is -0.351 e. The molecule has 3 aromatic rings. The molecule has 0 amide bonds. The van der Waals surface area contributed by atoms with Crippen LogP contribution in [0.25, 0.3) is 5.65 Å². The lowest BCUT2D eigenvalue weighted by Crippen LogP contribution is -2.32. The van der Waals surface area contributed by atoms with Crippen LogP contribution in [0.2, 0.25) is 0 Å². The van der Waals surface area contributed by atoms with E-state index < -0.39 is 6.41 Å². The lowest BCUT2D eigenvalue weighted by atomic mass is 10.1. The molecule has 4 rings (SSSR count). The number of hydrogen-bond acceptors (Lipinski definition) is 4. The van der Waals surface area contributed by atoms with E-state index >= 15 is 0 Å². The molecular formula is C17H17N3O2. The number of aliphatic hydroxyl groups is 1. The molecule has 5 heteroatoms. The normalized spacial score (nSPS) is 21.6. The van der Waals surface area contributed by atoms with Crippen molar-refractivity contribution in [3.05, 3.63) is 66.1 Å². The average molecular weight is 295 g/mol. The largest absolute Gasteiger partial charge is 0.351 e. The van der Waals surface area contributed by atoms with Crippen LogP contribution in [0.1, 0.15) is 17.3 Å². The molecule has 0 spiro atoms. The lowest BCUT2D eigenvalue weighted by molar-refractivity contribution is -0.0575. The fourth-order valence-electron chi connectivity index (χ4n) is 2.99. The number of nitrogens with zero attached hydrogens (tertiary/aromatic N) is 3. The van der Waals surface area contributed by atoms with Gasteiger partial charge in [-0.15, -0.1) is 0 Å². The zero-order chi connectivity index (χ0) is 15.1. The summed E-state index contributed by atoms with van der Waals surface area (Å²) in [6.07, 6.45) is 2.87. The van der Waals surface area contributed by atoms with Crippen LogP contribution in [0.15, 0.2) is 54.9 Å². The molecule has 1 saturated heterocycles. The Hall–Kier alpha value is -2.37. The van der Waals surface area contributed by atoms with Crippen molar-refractivity contribution in [1.29, 1.82) is 0 Å². The predicted molar refractivity (Wildman–Crippen MR) is 83.5 cm³/mol. The number of hydrogen-bond donors (Lipinski definition) is 1. The molecule has 1 aliphatic rings. The number of aromatic nitrogens is 2. The molecule has 1 fully saturated rings. The molecule has 22 heavy (non-hydrogen) atoms. The second-order valence-electron chi connectivity index (χ2n) is 5.51. The second kappa shape index (κ2) is 5.12. The zero-order valence-electron chi connectivity index (χ0n) is 12.3. The molecular weight excluding hydrogens is 278 g/mol. The van der Waals surface area contributed by atoms with Gasteiger partial charge in [0.25, 0.3) is 0 Å². The van der Waals surface area contributed by atoms with Gasteiger partial charge < -0.3 is 19.1 Å². The molecule has 1 N–H and O–H groups in total. The highest BCUT2D eigenvalue weighted by Gasteiger charge is 2.34. The fraction of sp³-hybridized carbons (Fsp3) is 0.235. The van der Waals surface area contributed by atoms with Crippen LogP contribution in [0.3, 0.4) is 0 Å². The number of aryl methyl sites for hydroxylation is 1.